The molecule has 3 heterocycles. The number of hydrogen-bond donors (Lipinski definition) is 3. The van der Waals surface area contributed by atoms with E-state index in [0.29, 0.717) is 40.0 Å². The van der Waals surface area contributed by atoms with Crippen molar-refractivity contribution < 1.29 is 28.2 Å². The molecule has 3 aromatic rings. The number of nitrogens with one attached hydrogen (secondary N) is 1. The van der Waals surface area contributed by atoms with Gasteiger partial charge in [-0.15, -0.1) is 0 Å². The minimum atomic E-state index is -4.65. The third kappa shape index (κ3) is 6.24. The normalized spacial score (nSPS) is 14.9. The second kappa shape index (κ2) is 11.1. The van der Waals surface area contributed by atoms with E-state index in [0.717, 1.165) is 16.3 Å². The zero-order valence-corrected chi connectivity index (χ0v) is 20.7. The molecular formula is C24H22Cl2F3N5O3. The van der Waals surface area contributed by atoms with Gasteiger partial charge in [-0.2, -0.15) is 18.3 Å². The summed E-state index contributed by atoms with van der Waals surface area (Å²) >= 11 is 12.3. The predicted octanol–water partition coefficient (Wildman–Crippen LogP) is 4.62. The van der Waals surface area contributed by atoms with Crippen molar-refractivity contribution in [3.05, 3.63) is 81.4 Å². The summed E-state index contributed by atoms with van der Waals surface area (Å²) in [4.78, 5) is 18.5. The van der Waals surface area contributed by atoms with Crippen molar-refractivity contribution in [3.63, 3.8) is 0 Å². The number of urea groups is 1. The van der Waals surface area contributed by atoms with Crippen molar-refractivity contribution in [1.29, 1.82) is 0 Å². The lowest BCUT2D eigenvalue weighted by Gasteiger charge is -2.27. The number of carbonyl (C=O) groups is 1. The fraction of sp³-hybridized carbons (Fsp3) is 0.292. The predicted molar refractivity (Wildman–Crippen MR) is 131 cm³/mol. The Morgan fingerprint density at radius 3 is 2.62 bits per heavy atom. The molecule has 0 fully saturated rings. The molecule has 0 saturated carbocycles. The van der Waals surface area contributed by atoms with Gasteiger partial charge in [0.05, 0.1) is 35.2 Å². The highest BCUT2D eigenvalue weighted by atomic mass is 35.5. The Bertz CT molecular complexity index is 1330. The van der Waals surface area contributed by atoms with E-state index in [2.05, 4.69) is 15.4 Å². The molecule has 1 aliphatic rings. The van der Waals surface area contributed by atoms with Crippen molar-refractivity contribution in [2.45, 2.75) is 25.2 Å². The van der Waals surface area contributed by atoms with Gasteiger partial charge in [-0.25, -0.2) is 9.48 Å². The first-order valence-corrected chi connectivity index (χ1v) is 11.9. The Morgan fingerprint density at radius 1 is 1.22 bits per heavy atom. The summed E-state index contributed by atoms with van der Waals surface area (Å²) in [6.45, 7) is -0.0787. The maximum Gasteiger partial charge on any atom is 0.435 e. The number of aromatic nitrogens is 3. The van der Waals surface area contributed by atoms with E-state index in [1.54, 1.807) is 24.3 Å². The quantitative estimate of drug-likeness (QED) is 0.412. The van der Waals surface area contributed by atoms with Crippen molar-refractivity contribution in [2.24, 2.45) is 0 Å². The molecule has 8 nitrogen and oxygen atoms in total. The van der Waals surface area contributed by atoms with Crippen LogP contribution in [-0.2, 0) is 12.7 Å². The van der Waals surface area contributed by atoms with Crippen LogP contribution in [0.4, 0.5) is 18.0 Å². The highest BCUT2D eigenvalue weighted by Crippen LogP contribution is 2.31. The number of aliphatic hydroxyl groups is 2. The summed E-state index contributed by atoms with van der Waals surface area (Å²) in [5, 5.41) is 25.8. The Kier molecular flexibility index (Phi) is 8.08. The zero-order valence-electron chi connectivity index (χ0n) is 19.2. The lowest BCUT2D eigenvalue weighted by Crippen LogP contribution is -2.42. The van der Waals surface area contributed by atoms with Gasteiger partial charge in [0.25, 0.3) is 0 Å². The number of aliphatic hydroxyl groups excluding tert-OH is 2. The summed E-state index contributed by atoms with van der Waals surface area (Å²) in [5.41, 5.74) is 1.11. The second-order valence-electron chi connectivity index (χ2n) is 8.29. The maximum absolute atomic E-state index is 13.3. The number of carbonyl (C=O) groups excluding carboxylic acids is 1. The van der Waals surface area contributed by atoms with Gasteiger partial charge < -0.3 is 20.4 Å². The van der Waals surface area contributed by atoms with E-state index in [-0.39, 0.29) is 18.8 Å². The minimum Gasteiger partial charge on any atom is -0.393 e. The molecule has 0 saturated heterocycles. The second-order valence-corrected chi connectivity index (χ2v) is 9.14. The van der Waals surface area contributed by atoms with Crippen molar-refractivity contribution in [2.75, 3.05) is 19.7 Å². The van der Waals surface area contributed by atoms with Crippen LogP contribution >= 0.6 is 23.2 Å². The van der Waals surface area contributed by atoms with Crippen LogP contribution in [-0.4, -0.2) is 55.6 Å². The molecule has 13 heteroatoms. The summed E-state index contributed by atoms with van der Waals surface area (Å²) in [6, 6.07) is 8.20. The Balaban J connectivity index is 1.44. The fourth-order valence-electron chi connectivity index (χ4n) is 3.84. The molecule has 2 amide bonds. The number of hydrogen-bond acceptors (Lipinski definition) is 5. The van der Waals surface area contributed by atoms with Crippen molar-refractivity contribution >= 4 is 34.8 Å². The third-order valence-corrected chi connectivity index (χ3v) is 6.29. The molecule has 2 aromatic heterocycles. The largest absolute Gasteiger partial charge is 0.435 e. The maximum atomic E-state index is 13.3. The lowest BCUT2D eigenvalue weighted by molar-refractivity contribution is -0.141. The number of amides is 2. The van der Waals surface area contributed by atoms with E-state index in [9.17, 15) is 23.1 Å². The summed E-state index contributed by atoms with van der Waals surface area (Å²) in [5.74, 6) is 0. The number of halogens is 5. The molecular weight excluding hydrogens is 534 g/mol. The summed E-state index contributed by atoms with van der Waals surface area (Å²) < 4.78 is 41.0. The van der Waals surface area contributed by atoms with E-state index in [1.165, 1.54) is 23.2 Å². The smallest absolute Gasteiger partial charge is 0.393 e. The molecule has 1 aliphatic heterocycles. The van der Waals surface area contributed by atoms with Crippen molar-refractivity contribution in [1.82, 2.24) is 25.0 Å². The van der Waals surface area contributed by atoms with Gasteiger partial charge in [0, 0.05) is 29.9 Å². The molecule has 37 heavy (non-hydrogen) atoms. The topological polar surface area (TPSA) is 104 Å². The van der Waals surface area contributed by atoms with Crippen LogP contribution in [0.15, 0.2) is 48.7 Å². The molecule has 0 aliphatic carbocycles. The molecule has 0 radical (unpaired) electrons. The van der Waals surface area contributed by atoms with Crippen molar-refractivity contribution in [3.8, 4) is 5.69 Å². The molecule has 0 spiro atoms. The minimum absolute atomic E-state index is 0.136. The van der Waals surface area contributed by atoms with Crippen LogP contribution in [0.5, 0.6) is 0 Å². The van der Waals surface area contributed by atoms with E-state index < -0.39 is 30.6 Å². The van der Waals surface area contributed by atoms with Crippen LogP contribution in [0.25, 0.3) is 11.3 Å². The van der Waals surface area contributed by atoms with E-state index >= 15 is 0 Å². The standard InChI is InChI=1S/C24H22Cl2F3N5O3/c25-16-2-1-3-17(9-16)34-18(10-21(32-34)24(27,28)29)12-31-23(37)33-6-4-14(5-7-33)22-19(26)8-15(11-30-22)20(36)13-35/h1-4,8-11,20,35-36H,5-7,12-13H2,(H,31,37)/t20-/m1/s1. The van der Waals surface area contributed by atoms with Gasteiger partial charge in [0.15, 0.2) is 5.69 Å². The highest BCUT2D eigenvalue weighted by Gasteiger charge is 2.35. The van der Waals surface area contributed by atoms with Gasteiger partial charge in [-0.05, 0) is 42.3 Å². The number of benzene rings is 1. The van der Waals surface area contributed by atoms with Crippen LogP contribution in [0.2, 0.25) is 10.0 Å². The first-order valence-electron chi connectivity index (χ1n) is 11.2. The Hall–Kier alpha value is -3.12. The Labute approximate surface area is 219 Å². The fourth-order valence-corrected chi connectivity index (χ4v) is 4.32. The van der Waals surface area contributed by atoms with E-state index in [1.807, 2.05) is 0 Å². The number of rotatable bonds is 6. The van der Waals surface area contributed by atoms with Gasteiger partial charge in [-0.1, -0.05) is 35.3 Å². The van der Waals surface area contributed by atoms with Crippen LogP contribution in [0, 0.1) is 0 Å². The van der Waals surface area contributed by atoms with Crippen LogP contribution < -0.4 is 5.32 Å². The van der Waals surface area contributed by atoms with Gasteiger partial charge in [0.2, 0.25) is 0 Å². The molecule has 0 bridgehead atoms. The molecule has 4 rings (SSSR count). The molecule has 1 atom stereocenters. The van der Waals surface area contributed by atoms with Crippen LogP contribution in [0.3, 0.4) is 0 Å². The van der Waals surface area contributed by atoms with Crippen LogP contribution in [0.1, 0.15) is 35.2 Å². The molecule has 1 aromatic carbocycles. The summed E-state index contributed by atoms with van der Waals surface area (Å²) in [7, 11) is 0. The number of pyridine rings is 1. The van der Waals surface area contributed by atoms with Gasteiger partial charge >= 0.3 is 12.2 Å². The first-order chi connectivity index (χ1) is 17.6. The monoisotopic (exact) mass is 555 g/mol. The van der Waals surface area contributed by atoms with Gasteiger partial charge in [0.1, 0.15) is 6.10 Å². The lowest BCUT2D eigenvalue weighted by atomic mass is 10.0. The number of alkyl halides is 3. The highest BCUT2D eigenvalue weighted by molar-refractivity contribution is 6.32. The number of nitrogens with zero attached hydrogens (tertiary/aromatic N) is 4. The molecule has 196 valence electrons. The van der Waals surface area contributed by atoms with Gasteiger partial charge in [-0.3, -0.25) is 4.98 Å². The summed E-state index contributed by atoms with van der Waals surface area (Å²) in [6.07, 6.45) is -2.07. The zero-order chi connectivity index (χ0) is 26.7. The van der Waals surface area contributed by atoms with E-state index in [4.69, 9.17) is 28.3 Å². The molecule has 3 N–H and O–H groups in total. The third-order valence-electron chi connectivity index (χ3n) is 5.77. The Morgan fingerprint density at radius 2 is 2.00 bits per heavy atom. The average molecular weight is 556 g/mol. The average Bonchev–Trinajstić information content (AvgIpc) is 3.32. The first kappa shape index (κ1) is 26.9. The molecule has 0 unspecified atom stereocenters. The SMILES string of the molecule is O=C(NCc1cc(C(F)(F)F)nn1-c1cccc(Cl)c1)N1CC=C(c2ncc([C@H](O)CO)cc2Cl)CC1.